The van der Waals surface area contributed by atoms with Gasteiger partial charge in [0.25, 0.3) is 0 Å². The molecule has 4 heterocycles. The van der Waals surface area contributed by atoms with Crippen molar-refractivity contribution in [2.75, 3.05) is 33.4 Å². The van der Waals surface area contributed by atoms with Crippen LogP contribution in [0, 0.1) is 11.8 Å². The number of carbonyl (C=O) groups excluding carboxylic acids is 1. The average Bonchev–Trinajstić information content (AvgIpc) is 3.33. The third kappa shape index (κ3) is 4.84. The largest absolute Gasteiger partial charge is 0.383 e. The molecular weight excluding hydrogens is 414 g/mol. The molecule has 0 aliphatic carbocycles. The molecular formula is C26H31N5O2. The first-order valence-corrected chi connectivity index (χ1v) is 11.8. The molecule has 2 bridgehead atoms. The van der Waals surface area contributed by atoms with Crippen LogP contribution in [-0.4, -0.2) is 65.2 Å². The Morgan fingerprint density at radius 2 is 1.85 bits per heavy atom. The van der Waals surface area contributed by atoms with Crippen molar-refractivity contribution in [3.05, 3.63) is 60.8 Å². The van der Waals surface area contributed by atoms with Gasteiger partial charge in [0.2, 0.25) is 5.91 Å². The lowest BCUT2D eigenvalue weighted by Gasteiger charge is -2.49. The van der Waals surface area contributed by atoms with Crippen LogP contribution in [0.2, 0.25) is 0 Å². The standard InChI is InChI=1S/C26H31N5O2/c1-33-14-12-27-26(32)24-17-30-13-11-22(24)15-23(30)16-31-18-25(28-29-31)21-9-7-20(8-10-21)19-5-3-2-4-6-19/h2-10,18,22-24H,11-17H2,1H3,(H,27,32)/t22-,23+,24-/m0/s1. The topological polar surface area (TPSA) is 72.3 Å². The van der Waals surface area contributed by atoms with E-state index in [1.165, 1.54) is 11.1 Å². The fraction of sp³-hybridized carbons (Fsp3) is 0.423. The molecule has 3 aliphatic rings. The number of nitrogens with one attached hydrogen (secondary N) is 1. The van der Waals surface area contributed by atoms with Gasteiger partial charge in [0.15, 0.2) is 0 Å². The molecule has 7 heteroatoms. The lowest BCUT2D eigenvalue weighted by molar-refractivity contribution is -0.133. The number of carbonyl (C=O) groups is 1. The number of rotatable bonds is 8. The number of hydrogen-bond donors (Lipinski definition) is 1. The van der Waals surface area contributed by atoms with Gasteiger partial charge in [0.05, 0.1) is 25.3 Å². The molecule has 33 heavy (non-hydrogen) atoms. The SMILES string of the molecule is COCCNC(=O)[C@H]1CN2CC[C@H]1C[C@@H]2Cn1cc(-c2ccc(-c3ccccc3)cc2)nn1. The van der Waals surface area contributed by atoms with Crippen LogP contribution in [0.3, 0.4) is 0 Å². The maximum absolute atomic E-state index is 12.6. The number of fused-ring (bicyclic) bond motifs is 3. The molecule has 1 N–H and O–H groups in total. The van der Waals surface area contributed by atoms with Crippen LogP contribution in [0.15, 0.2) is 60.8 Å². The first kappa shape index (κ1) is 21.8. The maximum atomic E-state index is 12.6. The Bertz CT molecular complexity index is 1070. The van der Waals surface area contributed by atoms with Gasteiger partial charge in [0, 0.05) is 31.8 Å². The summed E-state index contributed by atoms with van der Waals surface area (Å²) in [5.74, 6) is 0.694. The van der Waals surface area contributed by atoms with E-state index in [-0.39, 0.29) is 11.8 Å². The van der Waals surface area contributed by atoms with E-state index in [0.717, 1.165) is 43.7 Å². The second-order valence-corrected chi connectivity index (χ2v) is 9.09. The molecule has 2 aromatic carbocycles. The van der Waals surface area contributed by atoms with Gasteiger partial charge in [-0.1, -0.05) is 59.8 Å². The Kier molecular flexibility index (Phi) is 6.51. The number of methoxy groups -OCH3 is 1. The Balaban J connectivity index is 1.20. The van der Waals surface area contributed by atoms with E-state index in [1.807, 2.05) is 16.9 Å². The summed E-state index contributed by atoms with van der Waals surface area (Å²) in [6, 6.07) is 19.3. The highest BCUT2D eigenvalue weighted by atomic mass is 16.5. The lowest BCUT2D eigenvalue weighted by atomic mass is 9.75. The van der Waals surface area contributed by atoms with E-state index in [9.17, 15) is 4.79 Å². The molecule has 0 saturated carbocycles. The highest BCUT2D eigenvalue weighted by molar-refractivity contribution is 5.79. The summed E-state index contributed by atoms with van der Waals surface area (Å²) in [7, 11) is 1.65. The third-order valence-electron chi connectivity index (χ3n) is 7.04. The minimum Gasteiger partial charge on any atom is -0.383 e. The summed E-state index contributed by atoms with van der Waals surface area (Å²) in [5.41, 5.74) is 4.36. The zero-order valence-electron chi connectivity index (χ0n) is 19.1. The van der Waals surface area contributed by atoms with Crippen LogP contribution in [-0.2, 0) is 16.1 Å². The van der Waals surface area contributed by atoms with Gasteiger partial charge < -0.3 is 10.1 Å². The highest BCUT2D eigenvalue weighted by Gasteiger charge is 2.43. The van der Waals surface area contributed by atoms with E-state index in [2.05, 4.69) is 69.1 Å². The summed E-state index contributed by atoms with van der Waals surface area (Å²) in [5, 5.41) is 11.8. The van der Waals surface area contributed by atoms with Crippen molar-refractivity contribution in [2.45, 2.75) is 25.4 Å². The van der Waals surface area contributed by atoms with Crippen LogP contribution in [0.5, 0.6) is 0 Å². The second kappa shape index (κ2) is 9.85. The maximum Gasteiger partial charge on any atom is 0.224 e. The van der Waals surface area contributed by atoms with Gasteiger partial charge >= 0.3 is 0 Å². The molecule has 3 aliphatic heterocycles. The number of ether oxygens (including phenoxy) is 1. The molecule has 1 aromatic heterocycles. The molecule has 3 saturated heterocycles. The van der Waals surface area contributed by atoms with Crippen LogP contribution < -0.4 is 5.32 Å². The zero-order chi connectivity index (χ0) is 22.6. The molecule has 3 fully saturated rings. The van der Waals surface area contributed by atoms with Crippen molar-refractivity contribution in [1.82, 2.24) is 25.2 Å². The molecule has 1 amide bonds. The minimum atomic E-state index is 0.0845. The smallest absolute Gasteiger partial charge is 0.224 e. The monoisotopic (exact) mass is 445 g/mol. The van der Waals surface area contributed by atoms with E-state index in [0.29, 0.717) is 25.1 Å². The number of aromatic nitrogens is 3. The fourth-order valence-electron chi connectivity index (χ4n) is 5.23. The zero-order valence-corrected chi connectivity index (χ0v) is 19.1. The van der Waals surface area contributed by atoms with Crippen molar-refractivity contribution >= 4 is 5.91 Å². The predicted octanol–water partition coefficient (Wildman–Crippen LogP) is 3.09. The summed E-state index contributed by atoms with van der Waals surface area (Å²) < 4.78 is 7.00. The van der Waals surface area contributed by atoms with Crippen molar-refractivity contribution in [3.63, 3.8) is 0 Å². The van der Waals surface area contributed by atoms with Crippen molar-refractivity contribution in [2.24, 2.45) is 11.8 Å². The third-order valence-corrected chi connectivity index (χ3v) is 7.04. The van der Waals surface area contributed by atoms with Crippen LogP contribution >= 0.6 is 0 Å². The van der Waals surface area contributed by atoms with E-state index < -0.39 is 0 Å². The Hall–Kier alpha value is -3.03. The first-order chi connectivity index (χ1) is 16.2. The van der Waals surface area contributed by atoms with E-state index >= 15 is 0 Å². The van der Waals surface area contributed by atoms with Gasteiger partial charge in [-0.3, -0.25) is 14.4 Å². The molecule has 3 aromatic rings. The molecule has 6 rings (SSSR count). The normalized spacial score (nSPS) is 24.0. The summed E-state index contributed by atoms with van der Waals surface area (Å²) in [6.07, 6.45) is 4.16. The first-order valence-electron chi connectivity index (χ1n) is 11.8. The number of amides is 1. The molecule has 1 unspecified atom stereocenters. The van der Waals surface area contributed by atoms with Gasteiger partial charge in [-0.25, -0.2) is 0 Å². The lowest BCUT2D eigenvalue weighted by Crippen LogP contribution is -2.58. The second-order valence-electron chi connectivity index (χ2n) is 9.09. The summed E-state index contributed by atoms with van der Waals surface area (Å²) >= 11 is 0. The van der Waals surface area contributed by atoms with Crippen LogP contribution in [0.25, 0.3) is 22.4 Å². The van der Waals surface area contributed by atoms with E-state index in [1.54, 1.807) is 7.11 Å². The van der Waals surface area contributed by atoms with Crippen molar-refractivity contribution in [1.29, 1.82) is 0 Å². The Morgan fingerprint density at radius 3 is 2.58 bits per heavy atom. The fourth-order valence-corrected chi connectivity index (χ4v) is 5.23. The van der Waals surface area contributed by atoms with Crippen LogP contribution in [0.1, 0.15) is 12.8 Å². The van der Waals surface area contributed by atoms with Crippen molar-refractivity contribution < 1.29 is 9.53 Å². The molecule has 0 spiro atoms. The quantitative estimate of drug-likeness (QED) is 0.540. The number of benzene rings is 2. The van der Waals surface area contributed by atoms with Crippen LogP contribution in [0.4, 0.5) is 0 Å². The Morgan fingerprint density at radius 1 is 1.09 bits per heavy atom. The number of piperidine rings is 3. The highest BCUT2D eigenvalue weighted by Crippen LogP contribution is 2.37. The summed E-state index contributed by atoms with van der Waals surface area (Å²) in [6.45, 7) is 3.83. The average molecular weight is 446 g/mol. The predicted molar refractivity (Wildman–Crippen MR) is 127 cm³/mol. The van der Waals surface area contributed by atoms with Crippen molar-refractivity contribution in [3.8, 4) is 22.4 Å². The number of hydrogen-bond acceptors (Lipinski definition) is 5. The van der Waals surface area contributed by atoms with E-state index in [4.69, 9.17) is 4.74 Å². The molecule has 7 nitrogen and oxygen atoms in total. The molecule has 172 valence electrons. The molecule has 4 atom stereocenters. The van der Waals surface area contributed by atoms with Gasteiger partial charge in [-0.15, -0.1) is 5.10 Å². The minimum absolute atomic E-state index is 0.0845. The number of nitrogens with zero attached hydrogens (tertiary/aromatic N) is 4. The summed E-state index contributed by atoms with van der Waals surface area (Å²) in [4.78, 5) is 15.0. The molecule has 0 radical (unpaired) electrons. The van der Waals surface area contributed by atoms with Gasteiger partial charge in [-0.05, 0) is 36.4 Å². The Labute approximate surface area is 194 Å². The van der Waals surface area contributed by atoms with Gasteiger partial charge in [-0.2, -0.15) is 0 Å². The van der Waals surface area contributed by atoms with Gasteiger partial charge in [0.1, 0.15) is 5.69 Å².